The van der Waals surface area contributed by atoms with E-state index in [-0.39, 0.29) is 5.82 Å². The van der Waals surface area contributed by atoms with Crippen molar-refractivity contribution in [3.05, 3.63) is 78.0 Å². The summed E-state index contributed by atoms with van der Waals surface area (Å²) in [6.45, 7) is 2.61. The second-order valence-electron chi connectivity index (χ2n) is 5.81. The van der Waals surface area contributed by atoms with Gasteiger partial charge < -0.3 is 5.32 Å². The van der Waals surface area contributed by atoms with Gasteiger partial charge in [0.2, 0.25) is 0 Å². The Morgan fingerprint density at radius 2 is 1.88 bits per heavy atom. The van der Waals surface area contributed by atoms with E-state index in [9.17, 15) is 4.39 Å². The third-order valence-electron chi connectivity index (χ3n) is 3.92. The number of aromatic nitrogens is 4. The number of nitrogens with zero attached hydrogens (tertiary/aromatic N) is 4. The van der Waals surface area contributed by atoms with Crippen LogP contribution < -0.4 is 5.32 Å². The Morgan fingerprint density at radius 1 is 1.04 bits per heavy atom. The van der Waals surface area contributed by atoms with Crippen LogP contribution in [0.4, 0.5) is 10.2 Å². The fourth-order valence-corrected chi connectivity index (χ4v) is 2.68. The maximum absolute atomic E-state index is 13.2. The van der Waals surface area contributed by atoms with E-state index in [4.69, 9.17) is 0 Å². The number of hydrogen-bond donors (Lipinski definition) is 1. The van der Waals surface area contributed by atoms with Crippen LogP contribution in [0.5, 0.6) is 0 Å². The molecule has 1 N–H and O–H groups in total. The average molecular weight is 333 g/mol. The van der Waals surface area contributed by atoms with Gasteiger partial charge in [0.05, 0.1) is 24.1 Å². The van der Waals surface area contributed by atoms with Gasteiger partial charge in [-0.3, -0.25) is 4.98 Å². The Kier molecular flexibility index (Phi) is 3.85. The molecule has 1 aromatic carbocycles. The molecule has 0 saturated carbocycles. The summed E-state index contributed by atoms with van der Waals surface area (Å²) < 4.78 is 14.9. The summed E-state index contributed by atoms with van der Waals surface area (Å²) in [5.74, 6) is 0.538. The molecule has 3 aromatic heterocycles. The molecular formula is C19H16FN5. The topological polar surface area (TPSA) is 55.1 Å². The van der Waals surface area contributed by atoms with Crippen LogP contribution >= 0.6 is 0 Å². The van der Waals surface area contributed by atoms with Crippen LogP contribution in [0, 0.1) is 12.7 Å². The lowest BCUT2D eigenvalue weighted by Crippen LogP contribution is -2.07. The number of anilines is 1. The van der Waals surface area contributed by atoms with Crippen molar-refractivity contribution < 1.29 is 4.39 Å². The SMILES string of the molecule is Cc1ccnc(CNc2cc(-c3ccc(F)cc3)nc3ccnn23)c1. The van der Waals surface area contributed by atoms with Crippen LogP contribution in [0.25, 0.3) is 16.9 Å². The molecule has 0 fully saturated rings. The number of rotatable bonds is 4. The van der Waals surface area contributed by atoms with Gasteiger partial charge in [-0.1, -0.05) is 0 Å². The molecule has 6 heteroatoms. The molecule has 0 saturated heterocycles. The summed E-state index contributed by atoms with van der Waals surface area (Å²) in [6.07, 6.45) is 3.50. The highest BCUT2D eigenvalue weighted by atomic mass is 19.1. The first kappa shape index (κ1) is 15.3. The van der Waals surface area contributed by atoms with E-state index < -0.39 is 0 Å². The summed E-state index contributed by atoms with van der Waals surface area (Å²) in [7, 11) is 0. The molecular weight excluding hydrogens is 317 g/mol. The van der Waals surface area contributed by atoms with E-state index in [1.54, 1.807) is 29.0 Å². The summed E-state index contributed by atoms with van der Waals surface area (Å²) in [6, 6.07) is 14.0. The molecule has 25 heavy (non-hydrogen) atoms. The molecule has 4 aromatic rings. The number of halogens is 1. The lowest BCUT2D eigenvalue weighted by Gasteiger charge is -2.11. The Hall–Kier alpha value is -3.28. The maximum Gasteiger partial charge on any atom is 0.157 e. The van der Waals surface area contributed by atoms with E-state index in [0.717, 1.165) is 34.0 Å². The molecule has 0 radical (unpaired) electrons. The van der Waals surface area contributed by atoms with Crippen molar-refractivity contribution in [2.75, 3.05) is 5.32 Å². The van der Waals surface area contributed by atoms with E-state index in [1.165, 1.54) is 12.1 Å². The summed E-state index contributed by atoms with van der Waals surface area (Å²) >= 11 is 0. The molecule has 0 amide bonds. The Labute approximate surface area is 144 Å². The summed E-state index contributed by atoms with van der Waals surface area (Å²) in [5.41, 5.74) is 4.44. The van der Waals surface area contributed by atoms with Gasteiger partial charge in [-0.05, 0) is 48.9 Å². The van der Waals surface area contributed by atoms with Crippen molar-refractivity contribution in [2.24, 2.45) is 0 Å². The van der Waals surface area contributed by atoms with E-state index in [1.807, 2.05) is 31.2 Å². The highest BCUT2D eigenvalue weighted by Gasteiger charge is 2.09. The fourth-order valence-electron chi connectivity index (χ4n) is 2.68. The standard InChI is InChI=1S/C19H16FN5/c1-13-6-8-21-16(10-13)12-22-19-11-17(14-2-4-15(20)5-3-14)24-18-7-9-23-25(18)19/h2-11,22H,12H2,1H3. The van der Waals surface area contributed by atoms with Crippen molar-refractivity contribution in [1.29, 1.82) is 0 Å². The van der Waals surface area contributed by atoms with Crippen LogP contribution in [0.2, 0.25) is 0 Å². The molecule has 0 aliphatic carbocycles. The summed E-state index contributed by atoms with van der Waals surface area (Å²) in [4.78, 5) is 8.95. The predicted octanol–water partition coefficient (Wildman–Crippen LogP) is 3.85. The van der Waals surface area contributed by atoms with Crippen LogP contribution in [0.3, 0.4) is 0 Å². The van der Waals surface area contributed by atoms with Crippen LogP contribution in [0.1, 0.15) is 11.3 Å². The highest BCUT2D eigenvalue weighted by molar-refractivity contribution is 5.66. The minimum atomic E-state index is -0.266. The maximum atomic E-state index is 13.2. The number of pyridine rings is 1. The Balaban J connectivity index is 1.69. The van der Waals surface area contributed by atoms with Crippen LogP contribution in [-0.2, 0) is 6.54 Å². The Morgan fingerprint density at radius 3 is 2.68 bits per heavy atom. The monoisotopic (exact) mass is 333 g/mol. The van der Waals surface area contributed by atoms with Gasteiger partial charge in [0.1, 0.15) is 11.6 Å². The van der Waals surface area contributed by atoms with Crippen LogP contribution in [0.15, 0.2) is 60.9 Å². The molecule has 4 rings (SSSR count). The summed E-state index contributed by atoms with van der Waals surface area (Å²) in [5, 5.41) is 7.67. The average Bonchev–Trinajstić information content (AvgIpc) is 3.09. The number of hydrogen-bond acceptors (Lipinski definition) is 4. The third kappa shape index (κ3) is 3.19. The molecule has 5 nitrogen and oxygen atoms in total. The molecule has 0 atom stereocenters. The van der Waals surface area contributed by atoms with Crippen molar-refractivity contribution in [2.45, 2.75) is 13.5 Å². The lowest BCUT2D eigenvalue weighted by atomic mass is 10.1. The van der Waals surface area contributed by atoms with Gasteiger partial charge in [-0.25, -0.2) is 9.37 Å². The second kappa shape index (κ2) is 6.32. The van der Waals surface area contributed by atoms with Crippen molar-refractivity contribution in [3.63, 3.8) is 0 Å². The lowest BCUT2D eigenvalue weighted by molar-refractivity contribution is 0.628. The van der Waals surface area contributed by atoms with E-state index >= 15 is 0 Å². The molecule has 0 spiro atoms. The van der Waals surface area contributed by atoms with Crippen LogP contribution in [-0.4, -0.2) is 19.6 Å². The molecule has 0 bridgehead atoms. The van der Waals surface area contributed by atoms with Gasteiger partial charge in [-0.2, -0.15) is 9.61 Å². The molecule has 0 aliphatic rings. The number of aryl methyl sites for hydroxylation is 1. The van der Waals surface area contributed by atoms with Gasteiger partial charge in [-0.15, -0.1) is 0 Å². The van der Waals surface area contributed by atoms with Gasteiger partial charge in [0, 0.05) is 23.9 Å². The largest absolute Gasteiger partial charge is 0.364 e. The van der Waals surface area contributed by atoms with Gasteiger partial charge in [0.15, 0.2) is 5.65 Å². The number of benzene rings is 1. The quantitative estimate of drug-likeness (QED) is 0.616. The van der Waals surface area contributed by atoms with Crippen molar-refractivity contribution in [3.8, 4) is 11.3 Å². The number of fused-ring (bicyclic) bond motifs is 1. The zero-order chi connectivity index (χ0) is 17.2. The predicted molar refractivity (Wildman–Crippen MR) is 94.7 cm³/mol. The molecule has 124 valence electrons. The first-order valence-electron chi connectivity index (χ1n) is 7.95. The smallest absolute Gasteiger partial charge is 0.157 e. The molecule has 0 unspecified atom stereocenters. The van der Waals surface area contributed by atoms with Crippen molar-refractivity contribution >= 4 is 11.5 Å². The number of nitrogens with one attached hydrogen (secondary N) is 1. The third-order valence-corrected chi connectivity index (χ3v) is 3.92. The molecule has 3 heterocycles. The minimum Gasteiger partial charge on any atom is -0.364 e. The Bertz CT molecular complexity index is 1020. The van der Waals surface area contributed by atoms with Gasteiger partial charge in [0.25, 0.3) is 0 Å². The van der Waals surface area contributed by atoms with E-state index in [2.05, 4.69) is 20.4 Å². The van der Waals surface area contributed by atoms with E-state index in [0.29, 0.717) is 6.54 Å². The first-order valence-corrected chi connectivity index (χ1v) is 7.95. The van der Waals surface area contributed by atoms with Crippen molar-refractivity contribution in [1.82, 2.24) is 19.6 Å². The second-order valence-corrected chi connectivity index (χ2v) is 5.81. The highest BCUT2D eigenvalue weighted by Crippen LogP contribution is 2.22. The minimum absolute atomic E-state index is 0.266. The van der Waals surface area contributed by atoms with Gasteiger partial charge >= 0.3 is 0 Å². The first-order chi connectivity index (χ1) is 12.2. The zero-order valence-electron chi connectivity index (χ0n) is 13.6. The fraction of sp³-hybridized carbons (Fsp3) is 0.105. The zero-order valence-corrected chi connectivity index (χ0v) is 13.6. The normalized spacial score (nSPS) is 11.0. The molecule has 0 aliphatic heterocycles.